The number of ether oxygens (including phenoxy) is 2. The Labute approximate surface area is 147 Å². The molecule has 0 saturated heterocycles. The van der Waals surface area contributed by atoms with Crippen LogP contribution >= 0.6 is 0 Å². The summed E-state index contributed by atoms with van der Waals surface area (Å²) in [6.07, 6.45) is 5.60. The number of aryl methyl sites for hydroxylation is 1. The highest BCUT2D eigenvalue weighted by Crippen LogP contribution is 2.35. The fourth-order valence-corrected chi connectivity index (χ4v) is 3.41. The van der Waals surface area contributed by atoms with Crippen LogP contribution in [0.5, 0.6) is 11.5 Å². The molecular formula is C19H23N3O3. The van der Waals surface area contributed by atoms with Crippen LogP contribution in [0.4, 0.5) is 0 Å². The van der Waals surface area contributed by atoms with E-state index < -0.39 is 5.41 Å². The van der Waals surface area contributed by atoms with Crippen LogP contribution in [0.1, 0.15) is 31.7 Å². The van der Waals surface area contributed by atoms with Gasteiger partial charge in [-0.05, 0) is 38.0 Å². The van der Waals surface area contributed by atoms with Gasteiger partial charge in [-0.1, -0.05) is 6.07 Å². The number of amides is 1. The van der Waals surface area contributed by atoms with E-state index in [9.17, 15) is 4.79 Å². The van der Waals surface area contributed by atoms with Crippen molar-refractivity contribution in [1.82, 2.24) is 14.9 Å². The second kappa shape index (κ2) is 6.10. The van der Waals surface area contributed by atoms with Crippen molar-refractivity contribution < 1.29 is 14.3 Å². The molecule has 1 amide bonds. The normalized spacial score (nSPS) is 19.2. The van der Waals surface area contributed by atoms with Gasteiger partial charge in [-0.25, -0.2) is 4.98 Å². The van der Waals surface area contributed by atoms with Crippen LogP contribution in [0.2, 0.25) is 0 Å². The van der Waals surface area contributed by atoms with Crippen LogP contribution in [-0.4, -0.2) is 34.7 Å². The van der Waals surface area contributed by atoms with Crippen molar-refractivity contribution in [2.75, 3.05) is 13.2 Å². The van der Waals surface area contributed by atoms with Crippen molar-refractivity contribution in [3.8, 4) is 11.5 Å². The summed E-state index contributed by atoms with van der Waals surface area (Å²) >= 11 is 0. The van der Waals surface area contributed by atoms with Gasteiger partial charge in [0.05, 0.1) is 5.41 Å². The number of aromatic nitrogens is 2. The average molecular weight is 341 g/mol. The van der Waals surface area contributed by atoms with Crippen LogP contribution in [0.3, 0.4) is 0 Å². The SMILES string of the molecule is CC(C)(C(=O)NC1CCc2nccn2C1)c1ccc2c(c1)OCCO2. The molecule has 4 rings (SSSR count). The van der Waals surface area contributed by atoms with Crippen molar-refractivity contribution in [3.05, 3.63) is 42.0 Å². The predicted octanol–water partition coefficient (Wildman–Crippen LogP) is 2.06. The molecule has 2 aromatic rings. The number of rotatable bonds is 3. The maximum atomic E-state index is 12.9. The summed E-state index contributed by atoms with van der Waals surface area (Å²) in [4.78, 5) is 17.3. The molecule has 0 aliphatic carbocycles. The third-order valence-corrected chi connectivity index (χ3v) is 5.10. The Morgan fingerprint density at radius 3 is 2.92 bits per heavy atom. The molecule has 6 nitrogen and oxygen atoms in total. The number of carbonyl (C=O) groups excluding carboxylic acids is 1. The highest BCUT2D eigenvalue weighted by atomic mass is 16.6. The zero-order valence-corrected chi connectivity index (χ0v) is 14.6. The number of benzene rings is 1. The van der Waals surface area contributed by atoms with Crippen molar-refractivity contribution in [3.63, 3.8) is 0 Å². The molecule has 25 heavy (non-hydrogen) atoms. The number of hydrogen-bond acceptors (Lipinski definition) is 4. The van der Waals surface area contributed by atoms with E-state index in [4.69, 9.17) is 9.47 Å². The Morgan fingerprint density at radius 2 is 2.08 bits per heavy atom. The monoisotopic (exact) mass is 341 g/mol. The number of nitrogens with zero attached hydrogens (tertiary/aromatic N) is 2. The zero-order valence-electron chi connectivity index (χ0n) is 14.6. The van der Waals surface area contributed by atoms with E-state index in [2.05, 4.69) is 14.9 Å². The Kier molecular flexibility index (Phi) is 3.90. The van der Waals surface area contributed by atoms with Gasteiger partial charge in [0, 0.05) is 31.4 Å². The summed E-state index contributed by atoms with van der Waals surface area (Å²) in [5.74, 6) is 2.57. The topological polar surface area (TPSA) is 65.4 Å². The molecule has 6 heteroatoms. The summed E-state index contributed by atoms with van der Waals surface area (Å²) in [5, 5.41) is 3.21. The Morgan fingerprint density at radius 1 is 1.28 bits per heavy atom. The second-order valence-corrected chi connectivity index (χ2v) is 7.19. The second-order valence-electron chi connectivity index (χ2n) is 7.19. The van der Waals surface area contributed by atoms with E-state index in [1.54, 1.807) is 0 Å². The molecule has 0 radical (unpaired) electrons. The van der Waals surface area contributed by atoms with Gasteiger partial charge < -0.3 is 19.4 Å². The fraction of sp³-hybridized carbons (Fsp3) is 0.474. The predicted molar refractivity (Wildman–Crippen MR) is 92.9 cm³/mol. The number of carbonyl (C=O) groups is 1. The fourth-order valence-electron chi connectivity index (χ4n) is 3.41. The quantitative estimate of drug-likeness (QED) is 0.928. The van der Waals surface area contributed by atoms with E-state index >= 15 is 0 Å². The smallest absolute Gasteiger partial charge is 0.230 e. The van der Waals surface area contributed by atoms with Gasteiger partial charge in [0.1, 0.15) is 19.0 Å². The summed E-state index contributed by atoms with van der Waals surface area (Å²) in [7, 11) is 0. The molecule has 0 saturated carbocycles. The molecule has 0 bridgehead atoms. The van der Waals surface area contributed by atoms with Crippen molar-refractivity contribution in [1.29, 1.82) is 0 Å². The lowest BCUT2D eigenvalue weighted by Crippen LogP contribution is -2.48. The first-order valence-corrected chi connectivity index (χ1v) is 8.75. The van der Waals surface area contributed by atoms with Gasteiger partial charge in [0.2, 0.25) is 5.91 Å². The van der Waals surface area contributed by atoms with Crippen LogP contribution in [0, 0.1) is 0 Å². The van der Waals surface area contributed by atoms with Crippen molar-refractivity contribution in [2.45, 2.75) is 44.7 Å². The highest BCUT2D eigenvalue weighted by molar-refractivity contribution is 5.87. The molecule has 0 spiro atoms. The standard InChI is InChI=1S/C19H23N3O3/c1-19(2,13-3-5-15-16(11-13)25-10-9-24-15)18(23)21-14-4-6-17-20-7-8-22(17)12-14/h3,5,7-8,11,14H,4,6,9-10,12H2,1-2H3,(H,21,23). The Hall–Kier alpha value is -2.50. The minimum Gasteiger partial charge on any atom is -0.486 e. The van der Waals surface area contributed by atoms with Crippen molar-refractivity contribution >= 4 is 5.91 Å². The number of hydrogen-bond donors (Lipinski definition) is 1. The summed E-state index contributed by atoms with van der Waals surface area (Å²) in [6, 6.07) is 5.88. The largest absolute Gasteiger partial charge is 0.486 e. The van der Waals surface area contributed by atoms with E-state index in [0.29, 0.717) is 19.0 Å². The van der Waals surface area contributed by atoms with Gasteiger partial charge in [0.25, 0.3) is 0 Å². The molecule has 1 N–H and O–H groups in total. The van der Waals surface area contributed by atoms with Gasteiger partial charge >= 0.3 is 0 Å². The van der Waals surface area contributed by atoms with Gasteiger partial charge in [0.15, 0.2) is 11.5 Å². The minimum atomic E-state index is -0.648. The lowest BCUT2D eigenvalue weighted by atomic mass is 9.83. The van der Waals surface area contributed by atoms with Crippen LogP contribution in [0.15, 0.2) is 30.6 Å². The molecule has 1 atom stereocenters. The summed E-state index contributed by atoms with van der Waals surface area (Å²) < 4.78 is 13.3. The number of imidazole rings is 1. The maximum Gasteiger partial charge on any atom is 0.230 e. The molecular weight excluding hydrogens is 318 g/mol. The Balaban J connectivity index is 1.49. The van der Waals surface area contributed by atoms with E-state index in [1.165, 1.54) is 0 Å². The molecule has 1 unspecified atom stereocenters. The molecule has 1 aromatic heterocycles. The molecule has 2 aliphatic heterocycles. The van der Waals surface area contributed by atoms with Crippen LogP contribution in [-0.2, 0) is 23.2 Å². The minimum absolute atomic E-state index is 0.0257. The first-order chi connectivity index (χ1) is 12.0. The first kappa shape index (κ1) is 16.0. The first-order valence-electron chi connectivity index (χ1n) is 8.75. The summed E-state index contributed by atoms with van der Waals surface area (Å²) in [6.45, 7) is 5.77. The van der Waals surface area contributed by atoms with E-state index in [0.717, 1.165) is 36.5 Å². The van der Waals surface area contributed by atoms with E-state index in [1.807, 2.05) is 44.4 Å². The number of nitrogens with one attached hydrogen (secondary N) is 1. The molecule has 1 aromatic carbocycles. The molecule has 132 valence electrons. The summed E-state index contributed by atoms with van der Waals surface area (Å²) in [5.41, 5.74) is 0.277. The zero-order chi connectivity index (χ0) is 17.4. The molecule has 0 fully saturated rings. The number of fused-ring (bicyclic) bond motifs is 2. The average Bonchev–Trinajstić information content (AvgIpc) is 3.09. The lowest BCUT2D eigenvalue weighted by molar-refractivity contribution is -0.126. The van der Waals surface area contributed by atoms with Crippen LogP contribution in [0.25, 0.3) is 0 Å². The third kappa shape index (κ3) is 2.97. The molecule has 3 heterocycles. The van der Waals surface area contributed by atoms with Gasteiger partial charge in [-0.15, -0.1) is 0 Å². The van der Waals surface area contributed by atoms with Gasteiger partial charge in [-0.2, -0.15) is 0 Å². The third-order valence-electron chi connectivity index (χ3n) is 5.10. The highest BCUT2D eigenvalue weighted by Gasteiger charge is 2.33. The van der Waals surface area contributed by atoms with Gasteiger partial charge in [-0.3, -0.25) is 4.79 Å². The maximum absolute atomic E-state index is 12.9. The molecule has 2 aliphatic rings. The Bertz CT molecular complexity index is 797. The van der Waals surface area contributed by atoms with Crippen LogP contribution < -0.4 is 14.8 Å². The van der Waals surface area contributed by atoms with Crippen molar-refractivity contribution in [2.24, 2.45) is 0 Å². The lowest BCUT2D eigenvalue weighted by Gasteiger charge is -2.31. The van der Waals surface area contributed by atoms with E-state index in [-0.39, 0.29) is 11.9 Å².